The van der Waals surface area contributed by atoms with Gasteiger partial charge in [0, 0.05) is 37.3 Å². The summed E-state index contributed by atoms with van der Waals surface area (Å²) >= 11 is 12.1. The predicted octanol–water partition coefficient (Wildman–Crippen LogP) is 5.83. The molecule has 7 nitrogen and oxygen atoms in total. The van der Waals surface area contributed by atoms with Gasteiger partial charge in [0.1, 0.15) is 12.4 Å². The van der Waals surface area contributed by atoms with Crippen molar-refractivity contribution in [2.45, 2.75) is 13.2 Å². The summed E-state index contributed by atoms with van der Waals surface area (Å²) in [6.07, 6.45) is 0. The van der Waals surface area contributed by atoms with Crippen LogP contribution < -0.4 is 20.1 Å². The van der Waals surface area contributed by atoms with E-state index in [-0.39, 0.29) is 12.3 Å². The minimum atomic E-state index is -0.486. The number of hydrogen-bond acceptors (Lipinski definition) is 6. The Hall–Kier alpha value is -3.07. The van der Waals surface area contributed by atoms with Crippen LogP contribution in [0, 0.1) is 15.9 Å². The molecule has 0 unspecified atom stereocenters. The van der Waals surface area contributed by atoms with Gasteiger partial charge in [-0.1, -0.05) is 35.3 Å². The smallest absolute Gasteiger partial charge is 0.271 e. The summed E-state index contributed by atoms with van der Waals surface area (Å²) in [5, 5.41) is 17.8. The molecule has 0 heterocycles. The molecular formula is C23H22Cl2FN3O4. The number of rotatable bonds is 11. The van der Waals surface area contributed by atoms with Gasteiger partial charge in [0.05, 0.1) is 27.8 Å². The van der Waals surface area contributed by atoms with Crippen LogP contribution in [0.3, 0.4) is 0 Å². The van der Waals surface area contributed by atoms with Gasteiger partial charge < -0.3 is 20.1 Å². The molecule has 3 aromatic rings. The first-order chi connectivity index (χ1) is 15.9. The maximum absolute atomic E-state index is 13.2. The maximum Gasteiger partial charge on any atom is 0.271 e. The highest BCUT2D eigenvalue weighted by Gasteiger charge is 2.10. The van der Waals surface area contributed by atoms with E-state index in [0.717, 1.165) is 5.56 Å². The molecule has 0 saturated heterocycles. The molecule has 0 aliphatic carbocycles. The van der Waals surface area contributed by atoms with E-state index in [1.54, 1.807) is 19.2 Å². The van der Waals surface area contributed by atoms with E-state index in [4.69, 9.17) is 32.7 Å². The highest BCUT2D eigenvalue weighted by Crippen LogP contribution is 2.30. The van der Waals surface area contributed by atoms with Crippen LogP contribution >= 0.6 is 23.2 Å². The van der Waals surface area contributed by atoms with Gasteiger partial charge in [0.2, 0.25) is 0 Å². The van der Waals surface area contributed by atoms with Gasteiger partial charge in [0.15, 0.2) is 11.5 Å². The van der Waals surface area contributed by atoms with Gasteiger partial charge in [-0.25, -0.2) is 4.39 Å². The van der Waals surface area contributed by atoms with Gasteiger partial charge in [0.25, 0.3) is 5.69 Å². The maximum atomic E-state index is 13.2. The first-order valence-electron chi connectivity index (χ1n) is 9.99. The van der Waals surface area contributed by atoms with E-state index in [1.165, 1.54) is 24.3 Å². The second-order valence-corrected chi connectivity index (χ2v) is 7.85. The molecule has 3 rings (SSSR count). The molecule has 10 heteroatoms. The van der Waals surface area contributed by atoms with Crippen LogP contribution in [0.15, 0.2) is 54.6 Å². The lowest BCUT2D eigenvalue weighted by atomic mass is 10.2. The lowest BCUT2D eigenvalue weighted by Gasteiger charge is -2.14. The van der Waals surface area contributed by atoms with Crippen LogP contribution in [0.25, 0.3) is 0 Å². The number of hydrogen-bond donors (Lipinski definition) is 2. The second kappa shape index (κ2) is 11.7. The van der Waals surface area contributed by atoms with Gasteiger partial charge >= 0.3 is 0 Å². The number of nitrogens with one attached hydrogen (secondary N) is 2. The summed E-state index contributed by atoms with van der Waals surface area (Å²) in [5.41, 5.74) is 2.25. The van der Waals surface area contributed by atoms with Crippen molar-refractivity contribution in [3.05, 3.63) is 91.7 Å². The van der Waals surface area contributed by atoms with Crippen molar-refractivity contribution < 1.29 is 18.8 Å². The summed E-state index contributed by atoms with van der Waals surface area (Å²) in [4.78, 5) is 10.3. The van der Waals surface area contributed by atoms with E-state index in [1.807, 2.05) is 18.2 Å². The quantitative estimate of drug-likeness (QED) is 0.198. The van der Waals surface area contributed by atoms with Gasteiger partial charge in [-0.05, 0) is 35.9 Å². The molecule has 0 saturated carbocycles. The minimum Gasteiger partial charge on any atom is -0.493 e. The number of nitrogens with zero attached hydrogens (tertiary/aromatic N) is 1. The fourth-order valence-corrected chi connectivity index (χ4v) is 3.48. The Morgan fingerprint density at radius 2 is 1.82 bits per heavy atom. The Balaban J connectivity index is 1.48. The standard InChI is InChI=1S/C23H22Cl2FN3O4/c1-32-23-10-15(2-7-22(23)33-14-16-3-4-17(26)11-19(16)24)13-27-8-9-28-21-6-5-18(29(30)31)12-20(21)25/h2-7,10-12,27-28H,8-9,13-14H2,1H3. The molecule has 3 aromatic carbocycles. The molecule has 0 aliphatic rings. The van der Waals surface area contributed by atoms with E-state index >= 15 is 0 Å². The Morgan fingerprint density at radius 1 is 1.00 bits per heavy atom. The van der Waals surface area contributed by atoms with Crippen LogP contribution in [0.5, 0.6) is 11.5 Å². The SMILES string of the molecule is COc1cc(CNCCNc2ccc([N+](=O)[O-])cc2Cl)ccc1OCc1ccc(F)cc1Cl. The highest BCUT2D eigenvalue weighted by molar-refractivity contribution is 6.33. The summed E-state index contributed by atoms with van der Waals surface area (Å²) in [5.74, 6) is 0.726. The zero-order valence-corrected chi connectivity index (χ0v) is 19.3. The number of non-ortho nitro benzene ring substituents is 1. The lowest BCUT2D eigenvalue weighted by Crippen LogP contribution is -2.21. The van der Waals surface area contributed by atoms with Crippen LogP contribution in [-0.2, 0) is 13.2 Å². The van der Waals surface area contributed by atoms with E-state index in [2.05, 4.69) is 10.6 Å². The van der Waals surface area contributed by atoms with Crippen LogP contribution in [0.2, 0.25) is 10.0 Å². The molecule has 174 valence electrons. The van der Waals surface area contributed by atoms with Crippen molar-refractivity contribution in [3.63, 3.8) is 0 Å². The predicted molar refractivity (Wildman–Crippen MR) is 127 cm³/mol. The summed E-state index contributed by atoms with van der Waals surface area (Å²) in [6, 6.07) is 14.1. The average Bonchev–Trinajstić information content (AvgIpc) is 2.79. The molecule has 2 N–H and O–H groups in total. The molecule has 0 spiro atoms. The largest absolute Gasteiger partial charge is 0.493 e. The zero-order chi connectivity index (χ0) is 23.8. The third-order valence-electron chi connectivity index (χ3n) is 4.74. The van der Waals surface area contributed by atoms with Gasteiger partial charge in [-0.3, -0.25) is 10.1 Å². The van der Waals surface area contributed by atoms with Crippen LogP contribution in [0.1, 0.15) is 11.1 Å². The molecule has 0 fully saturated rings. The number of nitro benzene ring substituents is 1. The minimum absolute atomic E-state index is 0.0502. The second-order valence-electron chi connectivity index (χ2n) is 7.03. The van der Waals surface area contributed by atoms with Crippen molar-refractivity contribution in [1.82, 2.24) is 5.32 Å². The van der Waals surface area contributed by atoms with Crippen LogP contribution in [0.4, 0.5) is 15.8 Å². The first kappa shape index (κ1) is 24.6. The monoisotopic (exact) mass is 493 g/mol. The molecule has 0 aliphatic heterocycles. The van der Waals surface area contributed by atoms with Crippen molar-refractivity contribution >= 4 is 34.6 Å². The fraction of sp³-hybridized carbons (Fsp3) is 0.217. The van der Waals surface area contributed by atoms with E-state index in [0.29, 0.717) is 52.4 Å². The van der Waals surface area contributed by atoms with Crippen molar-refractivity contribution in [3.8, 4) is 11.5 Å². The Bertz CT molecular complexity index is 1130. The van der Waals surface area contributed by atoms with Gasteiger partial charge in [-0.2, -0.15) is 0 Å². The lowest BCUT2D eigenvalue weighted by molar-refractivity contribution is -0.384. The Kier molecular flexibility index (Phi) is 8.71. The Morgan fingerprint density at radius 3 is 2.52 bits per heavy atom. The van der Waals surface area contributed by atoms with Crippen LogP contribution in [-0.4, -0.2) is 25.1 Å². The zero-order valence-electron chi connectivity index (χ0n) is 17.7. The number of methoxy groups -OCH3 is 1. The third-order valence-corrected chi connectivity index (χ3v) is 5.40. The number of halogens is 3. The summed E-state index contributed by atoms with van der Waals surface area (Å²) in [6.45, 7) is 1.99. The fourth-order valence-electron chi connectivity index (χ4n) is 3.01. The number of anilines is 1. The highest BCUT2D eigenvalue weighted by atomic mass is 35.5. The van der Waals surface area contributed by atoms with E-state index < -0.39 is 10.7 Å². The van der Waals surface area contributed by atoms with Crippen molar-refractivity contribution in [1.29, 1.82) is 0 Å². The molecule has 0 bridgehead atoms. The molecule has 0 radical (unpaired) electrons. The normalized spacial score (nSPS) is 10.7. The summed E-state index contributed by atoms with van der Waals surface area (Å²) in [7, 11) is 1.56. The molecular weight excluding hydrogens is 472 g/mol. The third kappa shape index (κ3) is 6.95. The number of ether oxygens (including phenoxy) is 2. The molecule has 0 amide bonds. The number of nitro groups is 1. The molecule has 33 heavy (non-hydrogen) atoms. The number of benzene rings is 3. The van der Waals surface area contributed by atoms with Gasteiger partial charge in [-0.15, -0.1) is 0 Å². The Labute approximate surface area is 200 Å². The summed E-state index contributed by atoms with van der Waals surface area (Å²) < 4.78 is 24.4. The first-order valence-corrected chi connectivity index (χ1v) is 10.7. The molecule has 0 aromatic heterocycles. The van der Waals surface area contributed by atoms with E-state index in [9.17, 15) is 14.5 Å². The topological polar surface area (TPSA) is 85.7 Å². The molecule has 0 atom stereocenters. The van der Waals surface area contributed by atoms with Crippen molar-refractivity contribution in [2.75, 3.05) is 25.5 Å². The van der Waals surface area contributed by atoms with Crippen molar-refractivity contribution in [2.24, 2.45) is 0 Å². The average molecular weight is 494 g/mol.